The van der Waals surface area contributed by atoms with Crippen molar-refractivity contribution >= 4 is 23.5 Å². The van der Waals surface area contributed by atoms with Crippen molar-refractivity contribution in [2.45, 2.75) is 57.8 Å². The van der Waals surface area contributed by atoms with Crippen LogP contribution in [0, 0.1) is 5.82 Å². The molecule has 1 aromatic carbocycles. The number of carbonyl (C=O) groups excluding carboxylic acids is 2. The lowest BCUT2D eigenvalue weighted by Crippen LogP contribution is -2.46. The maximum Gasteiger partial charge on any atom is 0.411 e. The Kier molecular flexibility index (Phi) is 6.03. The van der Waals surface area contributed by atoms with Crippen LogP contribution in [0.5, 0.6) is 0 Å². The second-order valence-corrected chi connectivity index (χ2v) is 7.51. The van der Waals surface area contributed by atoms with Crippen molar-refractivity contribution in [1.82, 2.24) is 4.90 Å². The normalized spacial score (nSPS) is 20.6. The van der Waals surface area contributed by atoms with Gasteiger partial charge < -0.3 is 4.74 Å². The molecular formula is C18H22ClF2NO3. The first kappa shape index (κ1) is 19.6. The minimum absolute atomic E-state index is 0.0236. The molecule has 0 aliphatic carbocycles. The van der Waals surface area contributed by atoms with E-state index in [1.165, 1.54) is 12.1 Å². The van der Waals surface area contributed by atoms with Gasteiger partial charge in [-0.2, -0.15) is 0 Å². The number of hydrogen-bond donors (Lipinski definition) is 0. The highest BCUT2D eigenvalue weighted by molar-refractivity contribution is 6.30. The van der Waals surface area contributed by atoms with E-state index in [2.05, 4.69) is 0 Å². The van der Waals surface area contributed by atoms with Crippen molar-refractivity contribution in [2.75, 3.05) is 6.54 Å². The smallest absolute Gasteiger partial charge is 0.411 e. The van der Waals surface area contributed by atoms with E-state index in [4.69, 9.17) is 16.3 Å². The second kappa shape index (κ2) is 7.68. The molecule has 1 saturated heterocycles. The van der Waals surface area contributed by atoms with Crippen molar-refractivity contribution in [3.63, 3.8) is 0 Å². The molecule has 1 aliphatic heterocycles. The number of alkyl halides is 1. The van der Waals surface area contributed by atoms with Gasteiger partial charge in [0.2, 0.25) is 0 Å². The predicted octanol–water partition coefficient (Wildman–Crippen LogP) is 4.33. The number of benzene rings is 1. The molecule has 0 spiro atoms. The molecule has 0 unspecified atom stereocenters. The average Bonchev–Trinajstić information content (AvgIpc) is 2.89. The molecule has 7 heteroatoms. The number of aryl methyl sites for hydroxylation is 1. The number of likely N-dealkylation sites (tertiary alicyclic amines) is 1. The number of ketones is 1. The summed E-state index contributed by atoms with van der Waals surface area (Å²) in [5.74, 6) is -1.03. The van der Waals surface area contributed by atoms with Crippen molar-refractivity contribution in [1.29, 1.82) is 0 Å². The highest BCUT2D eigenvalue weighted by Crippen LogP contribution is 2.26. The van der Waals surface area contributed by atoms with E-state index in [0.717, 1.165) is 4.90 Å². The van der Waals surface area contributed by atoms with E-state index in [1.807, 2.05) is 0 Å². The third kappa shape index (κ3) is 4.91. The zero-order chi connectivity index (χ0) is 18.8. The molecule has 2 rings (SSSR count). The number of halogens is 3. The van der Waals surface area contributed by atoms with Gasteiger partial charge in [-0.05, 0) is 45.2 Å². The summed E-state index contributed by atoms with van der Waals surface area (Å²) < 4.78 is 33.3. The molecule has 0 saturated carbocycles. The van der Waals surface area contributed by atoms with Gasteiger partial charge >= 0.3 is 6.09 Å². The zero-order valence-electron chi connectivity index (χ0n) is 14.5. The van der Waals surface area contributed by atoms with Crippen LogP contribution in [-0.4, -0.2) is 41.1 Å². The first-order valence-electron chi connectivity index (χ1n) is 8.19. The maximum absolute atomic E-state index is 14.2. The summed E-state index contributed by atoms with van der Waals surface area (Å²) in [7, 11) is 0. The van der Waals surface area contributed by atoms with Gasteiger partial charge in [-0.15, -0.1) is 0 Å². The summed E-state index contributed by atoms with van der Waals surface area (Å²) >= 11 is 5.72. The highest BCUT2D eigenvalue weighted by atomic mass is 35.5. The molecular weight excluding hydrogens is 352 g/mol. The largest absolute Gasteiger partial charge is 0.444 e. The Morgan fingerprint density at radius 1 is 1.36 bits per heavy atom. The van der Waals surface area contributed by atoms with Gasteiger partial charge in [0.1, 0.15) is 23.6 Å². The predicted molar refractivity (Wildman–Crippen MR) is 91.0 cm³/mol. The van der Waals surface area contributed by atoms with Gasteiger partial charge in [-0.1, -0.05) is 23.7 Å². The van der Waals surface area contributed by atoms with Crippen LogP contribution in [0.2, 0.25) is 5.02 Å². The molecule has 4 nitrogen and oxygen atoms in total. The fourth-order valence-electron chi connectivity index (χ4n) is 2.80. The van der Waals surface area contributed by atoms with Crippen LogP contribution in [0.4, 0.5) is 13.6 Å². The van der Waals surface area contributed by atoms with Crippen LogP contribution in [0.15, 0.2) is 18.2 Å². The monoisotopic (exact) mass is 373 g/mol. The number of nitrogens with zero attached hydrogens (tertiary/aromatic N) is 1. The zero-order valence-corrected chi connectivity index (χ0v) is 15.3. The molecule has 25 heavy (non-hydrogen) atoms. The Labute approximate surface area is 151 Å². The molecule has 1 aliphatic rings. The number of amides is 1. The molecule has 0 bridgehead atoms. The topological polar surface area (TPSA) is 46.6 Å². The summed E-state index contributed by atoms with van der Waals surface area (Å²) in [6, 6.07) is 3.35. The number of ether oxygens (including phenoxy) is 1. The lowest BCUT2D eigenvalue weighted by Gasteiger charge is -2.28. The molecule has 2 atom stereocenters. The summed E-state index contributed by atoms with van der Waals surface area (Å²) in [5, 5.41) is -0.0236. The van der Waals surface area contributed by atoms with Crippen LogP contribution in [0.25, 0.3) is 0 Å². The SMILES string of the molecule is CC(C)(C)OC(=O)N1CC[C@@H](F)[C@H]1C(=O)CCc1cccc(Cl)c1F. The molecule has 1 heterocycles. The minimum atomic E-state index is -1.44. The highest BCUT2D eigenvalue weighted by Gasteiger charge is 2.43. The van der Waals surface area contributed by atoms with E-state index in [9.17, 15) is 18.4 Å². The van der Waals surface area contributed by atoms with Gasteiger partial charge in [-0.3, -0.25) is 9.69 Å². The van der Waals surface area contributed by atoms with Gasteiger partial charge in [0.05, 0.1) is 5.02 Å². The Morgan fingerprint density at radius 2 is 2.04 bits per heavy atom. The van der Waals surface area contributed by atoms with Crippen LogP contribution in [0.1, 0.15) is 39.2 Å². The van der Waals surface area contributed by atoms with E-state index in [0.29, 0.717) is 0 Å². The van der Waals surface area contributed by atoms with Gasteiger partial charge in [0.25, 0.3) is 0 Å². The number of carbonyl (C=O) groups is 2. The minimum Gasteiger partial charge on any atom is -0.444 e. The Bertz CT molecular complexity index is 660. The van der Waals surface area contributed by atoms with E-state index in [1.54, 1.807) is 26.8 Å². The number of hydrogen-bond acceptors (Lipinski definition) is 3. The van der Waals surface area contributed by atoms with Crippen molar-refractivity contribution < 1.29 is 23.1 Å². The lowest BCUT2D eigenvalue weighted by atomic mass is 10.0. The molecule has 0 radical (unpaired) electrons. The van der Waals surface area contributed by atoms with Crippen LogP contribution in [0.3, 0.4) is 0 Å². The second-order valence-electron chi connectivity index (χ2n) is 7.10. The Morgan fingerprint density at radius 3 is 2.68 bits per heavy atom. The van der Waals surface area contributed by atoms with Gasteiger partial charge in [0, 0.05) is 13.0 Å². The summed E-state index contributed by atoms with van der Waals surface area (Å²) in [5.41, 5.74) is -0.443. The van der Waals surface area contributed by atoms with Crippen molar-refractivity contribution in [3.05, 3.63) is 34.6 Å². The molecule has 0 N–H and O–H groups in total. The van der Waals surface area contributed by atoms with E-state index < -0.39 is 35.5 Å². The van der Waals surface area contributed by atoms with Crippen LogP contribution < -0.4 is 0 Å². The maximum atomic E-state index is 14.2. The van der Waals surface area contributed by atoms with Crippen LogP contribution >= 0.6 is 11.6 Å². The number of Topliss-reactive ketones (excluding diaryl/α,β-unsaturated/α-hetero) is 1. The van der Waals surface area contributed by atoms with Gasteiger partial charge in [0.15, 0.2) is 5.78 Å². The third-order valence-electron chi connectivity index (χ3n) is 3.95. The first-order valence-corrected chi connectivity index (χ1v) is 8.57. The van der Waals surface area contributed by atoms with Gasteiger partial charge in [-0.25, -0.2) is 13.6 Å². The fourth-order valence-corrected chi connectivity index (χ4v) is 3.00. The van der Waals surface area contributed by atoms with Crippen molar-refractivity contribution in [3.8, 4) is 0 Å². The van der Waals surface area contributed by atoms with Crippen LogP contribution in [-0.2, 0) is 16.0 Å². The molecule has 1 aromatic rings. The molecule has 0 aromatic heterocycles. The quantitative estimate of drug-likeness (QED) is 0.789. The average molecular weight is 374 g/mol. The molecule has 1 fully saturated rings. The standard InChI is InChI=1S/C18H22ClF2NO3/c1-18(2,3)25-17(24)22-10-9-13(20)16(22)14(23)8-7-11-5-4-6-12(19)15(11)21/h4-6,13,16H,7-10H2,1-3H3/t13-,16+/m1/s1. The summed E-state index contributed by atoms with van der Waals surface area (Å²) in [4.78, 5) is 25.8. The summed E-state index contributed by atoms with van der Waals surface area (Å²) in [6.45, 7) is 5.23. The van der Waals surface area contributed by atoms with E-state index >= 15 is 0 Å². The van der Waals surface area contributed by atoms with Crippen molar-refractivity contribution in [2.24, 2.45) is 0 Å². The Balaban J connectivity index is 2.05. The molecule has 138 valence electrons. The summed E-state index contributed by atoms with van der Waals surface area (Å²) in [6.07, 6.45) is -2.05. The fraction of sp³-hybridized carbons (Fsp3) is 0.556. The first-order chi connectivity index (χ1) is 11.6. The van der Waals surface area contributed by atoms with E-state index in [-0.39, 0.29) is 36.4 Å². The third-order valence-corrected chi connectivity index (χ3v) is 4.25. The lowest BCUT2D eigenvalue weighted by molar-refractivity contribution is -0.124. The Hall–Kier alpha value is -1.69. The number of rotatable bonds is 4. The molecule has 1 amide bonds.